The number of aromatic nitrogens is 2. The highest BCUT2D eigenvalue weighted by molar-refractivity contribution is 5.96. The quantitative estimate of drug-likeness (QED) is 0.698. The van der Waals surface area contributed by atoms with Gasteiger partial charge in [0.2, 0.25) is 5.88 Å². The van der Waals surface area contributed by atoms with E-state index in [2.05, 4.69) is 32.8 Å². The average molecular weight is 325 g/mol. The van der Waals surface area contributed by atoms with Crippen LogP contribution in [0, 0.1) is 0 Å². The molecule has 0 spiro atoms. The summed E-state index contributed by atoms with van der Waals surface area (Å²) < 4.78 is 13.2. The Kier molecular flexibility index (Phi) is 4.71. The minimum Gasteiger partial charge on any atom is -0.492 e. The third-order valence-electron chi connectivity index (χ3n) is 4.01. The lowest BCUT2D eigenvalue weighted by Gasteiger charge is -2.11. The van der Waals surface area contributed by atoms with Crippen molar-refractivity contribution in [2.75, 3.05) is 34.4 Å². The number of pyridine rings is 1. The maximum Gasteiger partial charge on any atom is 0.213 e. The summed E-state index contributed by atoms with van der Waals surface area (Å²) >= 11 is 0. The molecule has 2 aromatic heterocycles. The van der Waals surface area contributed by atoms with Gasteiger partial charge in [0.25, 0.3) is 0 Å². The van der Waals surface area contributed by atoms with E-state index in [0.717, 1.165) is 34.3 Å². The fourth-order valence-corrected chi connectivity index (χ4v) is 2.70. The van der Waals surface area contributed by atoms with Crippen LogP contribution in [-0.2, 0) is 7.05 Å². The summed E-state index contributed by atoms with van der Waals surface area (Å²) in [6.07, 6.45) is 3.96. The minimum atomic E-state index is 0.619. The number of likely N-dealkylation sites (N-methyl/N-ethyl adjacent to an activating group) is 1. The SMILES string of the molecule is COc1cc2c(-c3cccc(OCCN(C)C)c3)cn(C)c2cn1. The van der Waals surface area contributed by atoms with Gasteiger partial charge in [-0.05, 0) is 31.8 Å². The number of nitrogens with zero attached hydrogens (tertiary/aromatic N) is 3. The van der Waals surface area contributed by atoms with Crippen LogP contribution >= 0.6 is 0 Å². The lowest BCUT2D eigenvalue weighted by molar-refractivity contribution is 0.261. The van der Waals surface area contributed by atoms with Gasteiger partial charge in [0.05, 0.1) is 18.8 Å². The summed E-state index contributed by atoms with van der Waals surface area (Å²) in [7, 11) is 7.74. The van der Waals surface area contributed by atoms with Crippen LogP contribution in [0.2, 0.25) is 0 Å². The van der Waals surface area contributed by atoms with Gasteiger partial charge in [0, 0.05) is 36.8 Å². The molecule has 5 nitrogen and oxygen atoms in total. The largest absolute Gasteiger partial charge is 0.492 e. The zero-order chi connectivity index (χ0) is 17.1. The van der Waals surface area contributed by atoms with Gasteiger partial charge in [-0.25, -0.2) is 4.98 Å². The second-order valence-corrected chi connectivity index (χ2v) is 6.08. The average Bonchev–Trinajstić information content (AvgIpc) is 2.91. The van der Waals surface area contributed by atoms with Crippen LogP contribution < -0.4 is 9.47 Å². The zero-order valence-electron chi connectivity index (χ0n) is 14.6. The molecule has 0 radical (unpaired) electrons. The molecule has 0 unspecified atom stereocenters. The van der Waals surface area contributed by atoms with E-state index in [9.17, 15) is 0 Å². The molecule has 1 aromatic carbocycles. The molecular weight excluding hydrogens is 302 g/mol. The lowest BCUT2D eigenvalue weighted by Crippen LogP contribution is -2.19. The first-order valence-electron chi connectivity index (χ1n) is 7.95. The van der Waals surface area contributed by atoms with Gasteiger partial charge in [-0.1, -0.05) is 12.1 Å². The Labute approximate surface area is 142 Å². The van der Waals surface area contributed by atoms with Crippen LogP contribution in [0.1, 0.15) is 0 Å². The molecule has 0 aliphatic carbocycles. The second kappa shape index (κ2) is 6.93. The van der Waals surface area contributed by atoms with Crippen molar-refractivity contribution in [1.82, 2.24) is 14.5 Å². The molecule has 126 valence electrons. The number of aryl methyl sites for hydroxylation is 1. The molecule has 5 heteroatoms. The number of hydrogen-bond donors (Lipinski definition) is 0. The van der Waals surface area contributed by atoms with Crippen LogP contribution in [0.3, 0.4) is 0 Å². The Bertz CT molecular complexity index is 840. The summed E-state index contributed by atoms with van der Waals surface area (Å²) in [5.74, 6) is 1.50. The lowest BCUT2D eigenvalue weighted by atomic mass is 10.1. The van der Waals surface area contributed by atoms with Crippen molar-refractivity contribution in [3.63, 3.8) is 0 Å². The number of methoxy groups -OCH3 is 1. The molecule has 0 fully saturated rings. The molecule has 3 aromatic rings. The van der Waals surface area contributed by atoms with E-state index in [1.807, 2.05) is 45.5 Å². The van der Waals surface area contributed by atoms with E-state index in [4.69, 9.17) is 9.47 Å². The van der Waals surface area contributed by atoms with Gasteiger partial charge in [0.1, 0.15) is 12.4 Å². The van der Waals surface area contributed by atoms with Gasteiger partial charge in [-0.2, -0.15) is 0 Å². The molecule has 0 bridgehead atoms. The van der Waals surface area contributed by atoms with Crippen LogP contribution in [0.25, 0.3) is 22.0 Å². The van der Waals surface area contributed by atoms with Crippen LogP contribution in [0.15, 0.2) is 42.7 Å². The topological polar surface area (TPSA) is 39.5 Å². The number of rotatable bonds is 6. The van der Waals surface area contributed by atoms with Crippen molar-refractivity contribution in [1.29, 1.82) is 0 Å². The summed E-state index contributed by atoms with van der Waals surface area (Å²) in [6, 6.07) is 10.2. The maximum atomic E-state index is 5.86. The Hall–Kier alpha value is -2.53. The molecule has 0 aliphatic rings. The third kappa shape index (κ3) is 3.36. The van der Waals surface area contributed by atoms with Crippen LogP contribution in [0.4, 0.5) is 0 Å². The molecule has 0 N–H and O–H groups in total. The standard InChI is InChI=1S/C19H23N3O2/c1-21(2)8-9-24-15-7-5-6-14(10-15)17-13-22(3)18-12-20-19(23-4)11-16(17)18/h5-7,10-13H,8-9H2,1-4H3. The summed E-state index contributed by atoms with van der Waals surface area (Å²) in [6.45, 7) is 1.56. The monoisotopic (exact) mass is 325 g/mol. The minimum absolute atomic E-state index is 0.619. The van der Waals surface area contributed by atoms with E-state index in [-0.39, 0.29) is 0 Å². The number of ether oxygens (including phenoxy) is 2. The van der Waals surface area contributed by atoms with E-state index < -0.39 is 0 Å². The Balaban J connectivity index is 1.95. The molecule has 0 saturated heterocycles. The van der Waals surface area contributed by atoms with Gasteiger partial charge in [-0.15, -0.1) is 0 Å². The molecule has 0 amide bonds. The van der Waals surface area contributed by atoms with Crippen molar-refractivity contribution < 1.29 is 9.47 Å². The predicted molar refractivity (Wildman–Crippen MR) is 96.8 cm³/mol. The van der Waals surface area contributed by atoms with Crippen LogP contribution in [-0.4, -0.2) is 48.8 Å². The first kappa shape index (κ1) is 16.3. The fourth-order valence-electron chi connectivity index (χ4n) is 2.70. The van der Waals surface area contributed by atoms with Crippen molar-refractivity contribution in [2.45, 2.75) is 0 Å². The van der Waals surface area contributed by atoms with Crippen LogP contribution in [0.5, 0.6) is 11.6 Å². The Morgan fingerprint density at radius 2 is 2.04 bits per heavy atom. The van der Waals surface area contributed by atoms with E-state index >= 15 is 0 Å². The summed E-state index contributed by atoms with van der Waals surface area (Å²) in [4.78, 5) is 6.40. The van der Waals surface area contributed by atoms with Crippen molar-refractivity contribution in [3.05, 3.63) is 42.7 Å². The summed E-state index contributed by atoms with van der Waals surface area (Å²) in [5, 5.41) is 1.12. The highest BCUT2D eigenvalue weighted by atomic mass is 16.5. The van der Waals surface area contributed by atoms with Gasteiger partial charge in [0.15, 0.2) is 0 Å². The summed E-state index contributed by atoms with van der Waals surface area (Å²) in [5.41, 5.74) is 3.34. The molecule has 0 aliphatic heterocycles. The zero-order valence-corrected chi connectivity index (χ0v) is 14.6. The number of benzene rings is 1. The molecule has 2 heterocycles. The Morgan fingerprint density at radius 3 is 2.79 bits per heavy atom. The van der Waals surface area contributed by atoms with E-state index in [1.54, 1.807) is 7.11 Å². The number of fused-ring (bicyclic) bond motifs is 1. The third-order valence-corrected chi connectivity index (χ3v) is 4.01. The molecule has 0 atom stereocenters. The molecule has 24 heavy (non-hydrogen) atoms. The second-order valence-electron chi connectivity index (χ2n) is 6.08. The predicted octanol–water partition coefficient (Wildman–Crippen LogP) is 3.19. The molecule has 3 rings (SSSR count). The number of hydrogen-bond acceptors (Lipinski definition) is 4. The smallest absolute Gasteiger partial charge is 0.213 e. The first-order chi connectivity index (χ1) is 11.6. The van der Waals surface area contributed by atoms with Crippen molar-refractivity contribution in [2.24, 2.45) is 7.05 Å². The normalized spacial score (nSPS) is 11.2. The molecular formula is C19H23N3O2. The fraction of sp³-hybridized carbons (Fsp3) is 0.316. The Morgan fingerprint density at radius 1 is 1.21 bits per heavy atom. The van der Waals surface area contributed by atoms with E-state index in [0.29, 0.717) is 12.5 Å². The van der Waals surface area contributed by atoms with Crippen molar-refractivity contribution in [3.8, 4) is 22.8 Å². The molecule has 0 saturated carbocycles. The van der Waals surface area contributed by atoms with Gasteiger partial charge in [-0.3, -0.25) is 0 Å². The van der Waals surface area contributed by atoms with Crippen molar-refractivity contribution >= 4 is 10.9 Å². The first-order valence-corrected chi connectivity index (χ1v) is 7.95. The van der Waals surface area contributed by atoms with Gasteiger partial charge < -0.3 is 18.9 Å². The highest BCUT2D eigenvalue weighted by Crippen LogP contribution is 2.33. The van der Waals surface area contributed by atoms with E-state index in [1.165, 1.54) is 0 Å². The van der Waals surface area contributed by atoms with Gasteiger partial charge >= 0.3 is 0 Å². The maximum absolute atomic E-state index is 5.86. The highest BCUT2D eigenvalue weighted by Gasteiger charge is 2.11.